The van der Waals surface area contributed by atoms with Crippen molar-refractivity contribution in [1.29, 1.82) is 0 Å². The van der Waals surface area contributed by atoms with Crippen molar-refractivity contribution in [1.82, 2.24) is 4.90 Å². The third kappa shape index (κ3) is 5.61. The van der Waals surface area contributed by atoms with E-state index >= 15 is 0 Å². The summed E-state index contributed by atoms with van der Waals surface area (Å²) in [4.78, 5) is 2.39. The number of ether oxygens (including phenoxy) is 1. The van der Waals surface area contributed by atoms with Gasteiger partial charge in [-0.05, 0) is 44.2 Å². The molecule has 1 aromatic carbocycles. The van der Waals surface area contributed by atoms with E-state index in [-0.39, 0.29) is 6.04 Å². The number of benzene rings is 1. The lowest BCUT2D eigenvalue weighted by Crippen LogP contribution is -2.39. The fraction of sp³-hybridized carbons (Fsp3) is 0.647. The highest BCUT2D eigenvalue weighted by Crippen LogP contribution is 2.15. The summed E-state index contributed by atoms with van der Waals surface area (Å²) in [6.07, 6.45) is 4.53. The Morgan fingerprint density at radius 1 is 1.25 bits per heavy atom. The minimum Gasteiger partial charge on any atom is -0.381 e. The Labute approximate surface area is 123 Å². The smallest absolute Gasteiger partial charge is 0.0469 e. The fourth-order valence-corrected chi connectivity index (χ4v) is 2.93. The van der Waals surface area contributed by atoms with Crippen LogP contribution in [0.3, 0.4) is 0 Å². The molecule has 2 N–H and O–H groups in total. The third-order valence-electron chi connectivity index (χ3n) is 4.10. The zero-order valence-corrected chi connectivity index (χ0v) is 12.6. The first-order valence-electron chi connectivity index (χ1n) is 7.80. The largest absolute Gasteiger partial charge is 0.381 e. The van der Waals surface area contributed by atoms with Crippen LogP contribution in [0.1, 0.15) is 24.8 Å². The summed E-state index contributed by atoms with van der Waals surface area (Å²) < 4.78 is 5.41. The maximum Gasteiger partial charge on any atom is 0.0469 e. The van der Waals surface area contributed by atoms with Crippen LogP contribution in [0.15, 0.2) is 30.3 Å². The predicted molar refractivity (Wildman–Crippen MR) is 83.8 cm³/mol. The molecule has 1 aliphatic rings. The molecule has 1 unspecified atom stereocenters. The number of nitrogens with two attached hydrogens (primary N) is 1. The van der Waals surface area contributed by atoms with E-state index < -0.39 is 0 Å². The van der Waals surface area contributed by atoms with Gasteiger partial charge in [0, 0.05) is 32.3 Å². The van der Waals surface area contributed by atoms with Crippen LogP contribution < -0.4 is 5.73 Å². The molecule has 2 rings (SSSR count). The van der Waals surface area contributed by atoms with Gasteiger partial charge >= 0.3 is 0 Å². The van der Waals surface area contributed by atoms with Gasteiger partial charge in [-0.25, -0.2) is 0 Å². The average Bonchev–Trinajstić information content (AvgIpc) is 2.47. The van der Waals surface area contributed by atoms with Crippen LogP contribution in [-0.4, -0.2) is 44.3 Å². The van der Waals surface area contributed by atoms with Crippen molar-refractivity contribution in [3.8, 4) is 0 Å². The Bertz CT molecular complexity index is 363. The van der Waals surface area contributed by atoms with E-state index in [2.05, 4.69) is 42.3 Å². The van der Waals surface area contributed by atoms with Crippen LogP contribution >= 0.6 is 0 Å². The highest BCUT2D eigenvalue weighted by atomic mass is 16.5. The van der Waals surface area contributed by atoms with Crippen molar-refractivity contribution >= 4 is 0 Å². The zero-order valence-electron chi connectivity index (χ0n) is 12.6. The van der Waals surface area contributed by atoms with Gasteiger partial charge in [0.05, 0.1) is 0 Å². The van der Waals surface area contributed by atoms with Crippen molar-refractivity contribution < 1.29 is 4.74 Å². The van der Waals surface area contributed by atoms with Gasteiger partial charge in [-0.2, -0.15) is 0 Å². The van der Waals surface area contributed by atoms with Crippen LogP contribution in [0.2, 0.25) is 0 Å². The molecule has 0 radical (unpaired) electrons. The van der Waals surface area contributed by atoms with Gasteiger partial charge in [-0.3, -0.25) is 0 Å². The molecule has 20 heavy (non-hydrogen) atoms. The molecular weight excluding hydrogens is 248 g/mol. The molecule has 1 aromatic rings. The second kappa shape index (κ2) is 8.40. The highest BCUT2D eigenvalue weighted by Gasteiger charge is 2.16. The number of hydrogen-bond acceptors (Lipinski definition) is 3. The van der Waals surface area contributed by atoms with Crippen LogP contribution in [0.5, 0.6) is 0 Å². The summed E-state index contributed by atoms with van der Waals surface area (Å²) in [7, 11) is 2.19. The number of likely N-dealkylation sites (N-methyl/N-ethyl adjacent to an activating group) is 1. The summed E-state index contributed by atoms with van der Waals surface area (Å²) >= 11 is 0. The van der Waals surface area contributed by atoms with Gasteiger partial charge in [0.25, 0.3) is 0 Å². The molecule has 0 bridgehead atoms. The summed E-state index contributed by atoms with van der Waals surface area (Å²) in [5, 5.41) is 0. The van der Waals surface area contributed by atoms with E-state index in [9.17, 15) is 0 Å². The van der Waals surface area contributed by atoms with E-state index in [4.69, 9.17) is 10.5 Å². The second-order valence-corrected chi connectivity index (χ2v) is 6.06. The normalized spacial score (nSPS) is 18.4. The SMILES string of the molecule is CN(CC(N)CCc1ccccc1)CC1CCOCC1. The van der Waals surface area contributed by atoms with Crippen molar-refractivity contribution in [2.45, 2.75) is 31.7 Å². The molecule has 112 valence electrons. The first-order valence-corrected chi connectivity index (χ1v) is 7.80. The Morgan fingerprint density at radius 2 is 1.95 bits per heavy atom. The summed E-state index contributed by atoms with van der Waals surface area (Å²) in [5.41, 5.74) is 7.65. The Kier molecular flexibility index (Phi) is 6.51. The number of aryl methyl sites for hydroxylation is 1. The van der Waals surface area contributed by atoms with Crippen LogP contribution in [0.25, 0.3) is 0 Å². The number of hydrogen-bond donors (Lipinski definition) is 1. The molecule has 0 aromatic heterocycles. The van der Waals surface area contributed by atoms with E-state index in [0.717, 1.165) is 45.1 Å². The van der Waals surface area contributed by atoms with Crippen LogP contribution in [0.4, 0.5) is 0 Å². The molecule has 1 heterocycles. The van der Waals surface area contributed by atoms with Gasteiger partial charge in [-0.15, -0.1) is 0 Å². The summed E-state index contributed by atoms with van der Waals surface area (Å²) in [5.74, 6) is 0.787. The van der Waals surface area contributed by atoms with Crippen LogP contribution in [-0.2, 0) is 11.2 Å². The molecule has 1 fully saturated rings. The lowest BCUT2D eigenvalue weighted by molar-refractivity contribution is 0.0551. The summed E-state index contributed by atoms with van der Waals surface area (Å²) in [6.45, 7) is 4.00. The lowest BCUT2D eigenvalue weighted by Gasteiger charge is -2.28. The maximum absolute atomic E-state index is 6.26. The minimum atomic E-state index is 0.264. The van der Waals surface area contributed by atoms with Crippen molar-refractivity contribution in [2.75, 3.05) is 33.4 Å². The van der Waals surface area contributed by atoms with E-state index in [1.807, 2.05) is 0 Å². The number of rotatable bonds is 7. The zero-order chi connectivity index (χ0) is 14.2. The molecule has 3 nitrogen and oxygen atoms in total. The van der Waals surface area contributed by atoms with Gasteiger partial charge in [0.2, 0.25) is 0 Å². The summed E-state index contributed by atoms with van der Waals surface area (Å²) in [6, 6.07) is 10.9. The van der Waals surface area contributed by atoms with E-state index in [1.54, 1.807) is 0 Å². The average molecular weight is 276 g/mol. The molecule has 1 aliphatic heterocycles. The van der Waals surface area contributed by atoms with Crippen molar-refractivity contribution in [3.05, 3.63) is 35.9 Å². The number of nitrogens with zero attached hydrogens (tertiary/aromatic N) is 1. The van der Waals surface area contributed by atoms with Gasteiger partial charge in [0.1, 0.15) is 0 Å². The van der Waals surface area contributed by atoms with Crippen molar-refractivity contribution in [2.24, 2.45) is 11.7 Å². The standard InChI is InChI=1S/C17H28N2O/c1-19(13-16-9-11-20-12-10-16)14-17(18)8-7-15-5-3-2-4-6-15/h2-6,16-17H,7-14,18H2,1H3. The fourth-order valence-electron chi connectivity index (χ4n) is 2.93. The lowest BCUT2D eigenvalue weighted by atomic mass is 9.99. The van der Waals surface area contributed by atoms with E-state index in [1.165, 1.54) is 18.4 Å². The maximum atomic E-state index is 6.26. The van der Waals surface area contributed by atoms with Crippen molar-refractivity contribution in [3.63, 3.8) is 0 Å². The Hall–Kier alpha value is -0.900. The monoisotopic (exact) mass is 276 g/mol. The Morgan fingerprint density at radius 3 is 2.65 bits per heavy atom. The minimum absolute atomic E-state index is 0.264. The molecule has 1 atom stereocenters. The third-order valence-corrected chi connectivity index (χ3v) is 4.10. The molecule has 0 saturated carbocycles. The molecule has 1 saturated heterocycles. The quantitative estimate of drug-likeness (QED) is 0.830. The molecule has 3 heteroatoms. The van der Waals surface area contributed by atoms with Crippen LogP contribution in [0, 0.1) is 5.92 Å². The Balaban J connectivity index is 1.64. The first kappa shape index (κ1) is 15.5. The van der Waals surface area contributed by atoms with Gasteiger partial charge in [0.15, 0.2) is 0 Å². The topological polar surface area (TPSA) is 38.5 Å². The molecule has 0 amide bonds. The van der Waals surface area contributed by atoms with E-state index in [0.29, 0.717) is 0 Å². The molecule has 0 spiro atoms. The first-order chi connectivity index (χ1) is 9.74. The van der Waals surface area contributed by atoms with Gasteiger partial charge in [-0.1, -0.05) is 30.3 Å². The second-order valence-electron chi connectivity index (χ2n) is 6.06. The molecule has 0 aliphatic carbocycles. The highest BCUT2D eigenvalue weighted by molar-refractivity contribution is 5.14. The molecular formula is C17H28N2O. The predicted octanol–water partition coefficient (Wildman–Crippen LogP) is 2.30. The van der Waals surface area contributed by atoms with Gasteiger partial charge < -0.3 is 15.4 Å².